The Balaban J connectivity index is 1.33. The quantitative estimate of drug-likeness (QED) is 0.564. The van der Waals surface area contributed by atoms with Gasteiger partial charge in [0.05, 0.1) is 10.3 Å². The molecule has 0 atom stereocenters. The van der Waals surface area contributed by atoms with E-state index in [4.69, 9.17) is 5.73 Å². The first-order valence-electron chi connectivity index (χ1n) is 9.56. The van der Waals surface area contributed by atoms with E-state index in [-0.39, 0.29) is 5.95 Å². The average Bonchev–Trinajstić information content (AvgIpc) is 3.09. The van der Waals surface area contributed by atoms with Crippen molar-refractivity contribution >= 4 is 44.9 Å². The van der Waals surface area contributed by atoms with Crippen LogP contribution in [0.1, 0.15) is 16.3 Å². The second-order valence-corrected chi connectivity index (χ2v) is 9.73. The van der Waals surface area contributed by atoms with Gasteiger partial charge in [-0.1, -0.05) is 17.7 Å². The molecule has 29 heavy (non-hydrogen) atoms. The first-order chi connectivity index (χ1) is 14.0. The van der Waals surface area contributed by atoms with E-state index >= 15 is 0 Å². The maximum absolute atomic E-state index is 5.92. The average molecular weight is 474 g/mol. The number of nitrogens with two attached hydrogens (primary N) is 1. The van der Waals surface area contributed by atoms with Gasteiger partial charge < -0.3 is 11.1 Å². The van der Waals surface area contributed by atoms with Crippen LogP contribution in [0.2, 0.25) is 0 Å². The summed E-state index contributed by atoms with van der Waals surface area (Å²) in [6.07, 6.45) is 0. The summed E-state index contributed by atoms with van der Waals surface area (Å²) >= 11 is 5.34. The minimum Gasteiger partial charge on any atom is -0.368 e. The lowest BCUT2D eigenvalue weighted by molar-refractivity contribution is 0.120. The highest BCUT2D eigenvalue weighted by atomic mass is 79.9. The Kier molecular flexibility index (Phi) is 6.39. The van der Waals surface area contributed by atoms with Crippen molar-refractivity contribution in [2.45, 2.75) is 20.0 Å². The molecule has 1 aromatic carbocycles. The van der Waals surface area contributed by atoms with E-state index in [9.17, 15) is 0 Å². The predicted octanol–water partition coefficient (Wildman–Crippen LogP) is 3.65. The van der Waals surface area contributed by atoms with Crippen LogP contribution < -0.4 is 11.1 Å². The fraction of sp³-hybridized carbons (Fsp3) is 0.350. The molecule has 3 heterocycles. The molecule has 3 aromatic rings. The third-order valence-corrected chi connectivity index (χ3v) is 6.45. The molecular formula is C20H24BrN7S. The van der Waals surface area contributed by atoms with Crippen molar-refractivity contribution in [2.75, 3.05) is 37.2 Å². The Morgan fingerprint density at radius 2 is 1.66 bits per heavy atom. The minimum atomic E-state index is 0.242. The molecule has 0 aliphatic carbocycles. The number of benzene rings is 1. The van der Waals surface area contributed by atoms with E-state index in [2.05, 4.69) is 65.1 Å². The third-order valence-electron chi connectivity index (χ3n) is 4.84. The number of thiophene rings is 1. The van der Waals surface area contributed by atoms with E-state index in [1.807, 2.05) is 24.3 Å². The van der Waals surface area contributed by atoms with Gasteiger partial charge in [0.15, 0.2) is 0 Å². The lowest BCUT2D eigenvalue weighted by atomic mass is 10.2. The second kappa shape index (κ2) is 9.17. The van der Waals surface area contributed by atoms with E-state index in [0.717, 1.165) is 38.4 Å². The number of nitrogens with zero attached hydrogens (tertiary/aromatic N) is 5. The summed E-state index contributed by atoms with van der Waals surface area (Å²) in [7, 11) is 0. The fourth-order valence-corrected chi connectivity index (χ4v) is 4.82. The Labute approximate surface area is 183 Å². The van der Waals surface area contributed by atoms with Crippen molar-refractivity contribution in [1.82, 2.24) is 24.8 Å². The Morgan fingerprint density at radius 1 is 0.966 bits per heavy atom. The van der Waals surface area contributed by atoms with Crippen LogP contribution in [0.3, 0.4) is 0 Å². The summed E-state index contributed by atoms with van der Waals surface area (Å²) in [4.78, 5) is 19.4. The van der Waals surface area contributed by atoms with Gasteiger partial charge in [0, 0.05) is 43.3 Å². The number of rotatable bonds is 6. The SMILES string of the molecule is Cc1ccc(Nc2nc(N)nc(CN3CCN(Cc4ccc(Br)s4)CC3)n2)cc1. The lowest BCUT2D eigenvalue weighted by Gasteiger charge is -2.34. The van der Waals surface area contributed by atoms with Crippen molar-refractivity contribution in [2.24, 2.45) is 0 Å². The highest BCUT2D eigenvalue weighted by Gasteiger charge is 2.19. The van der Waals surface area contributed by atoms with Crippen LogP contribution in [-0.4, -0.2) is 50.9 Å². The summed E-state index contributed by atoms with van der Waals surface area (Å²) in [6.45, 7) is 7.77. The van der Waals surface area contributed by atoms with Gasteiger partial charge in [-0.25, -0.2) is 0 Å². The van der Waals surface area contributed by atoms with Crippen LogP contribution in [0.25, 0.3) is 0 Å². The van der Waals surface area contributed by atoms with Gasteiger partial charge in [0.25, 0.3) is 0 Å². The molecule has 0 radical (unpaired) electrons. The molecule has 0 bridgehead atoms. The topological polar surface area (TPSA) is 83.2 Å². The van der Waals surface area contributed by atoms with Crippen LogP contribution in [0.5, 0.6) is 0 Å². The molecule has 1 aliphatic heterocycles. The van der Waals surface area contributed by atoms with Crippen LogP contribution in [0.15, 0.2) is 40.2 Å². The van der Waals surface area contributed by atoms with E-state index < -0.39 is 0 Å². The standard InChI is InChI=1S/C20H24BrN7S/c1-14-2-4-15(5-3-14)23-20-25-18(24-19(22)26-20)13-28-10-8-27(9-11-28)12-16-6-7-17(21)29-16/h2-7H,8-13H2,1H3,(H3,22,23,24,25,26). The van der Waals surface area contributed by atoms with Gasteiger partial charge in [-0.05, 0) is 47.1 Å². The monoisotopic (exact) mass is 473 g/mol. The largest absolute Gasteiger partial charge is 0.368 e. The number of piperazine rings is 1. The highest BCUT2D eigenvalue weighted by molar-refractivity contribution is 9.11. The molecule has 9 heteroatoms. The normalized spacial score (nSPS) is 15.5. The van der Waals surface area contributed by atoms with Gasteiger partial charge in [-0.2, -0.15) is 15.0 Å². The van der Waals surface area contributed by atoms with Crippen molar-refractivity contribution < 1.29 is 0 Å². The number of nitrogen functional groups attached to an aromatic ring is 1. The zero-order valence-electron chi connectivity index (χ0n) is 16.3. The Bertz CT molecular complexity index is 952. The molecule has 152 valence electrons. The molecule has 2 aromatic heterocycles. The van der Waals surface area contributed by atoms with Gasteiger partial charge in [-0.15, -0.1) is 11.3 Å². The van der Waals surface area contributed by atoms with Crippen LogP contribution in [-0.2, 0) is 13.1 Å². The zero-order chi connectivity index (χ0) is 20.2. The second-order valence-electron chi connectivity index (χ2n) is 7.18. The van der Waals surface area contributed by atoms with Crippen LogP contribution in [0.4, 0.5) is 17.6 Å². The molecule has 7 nitrogen and oxygen atoms in total. The zero-order valence-corrected chi connectivity index (χ0v) is 18.7. The number of halogens is 1. The first-order valence-corrected chi connectivity index (χ1v) is 11.2. The molecule has 0 saturated carbocycles. The molecule has 0 amide bonds. The highest BCUT2D eigenvalue weighted by Crippen LogP contribution is 2.23. The number of hydrogen-bond acceptors (Lipinski definition) is 8. The van der Waals surface area contributed by atoms with Gasteiger partial charge in [0.2, 0.25) is 11.9 Å². The van der Waals surface area contributed by atoms with Crippen molar-refractivity contribution in [3.05, 3.63) is 56.4 Å². The van der Waals surface area contributed by atoms with Crippen molar-refractivity contribution in [3.8, 4) is 0 Å². The third kappa shape index (κ3) is 5.72. The summed E-state index contributed by atoms with van der Waals surface area (Å²) in [5.74, 6) is 1.42. The maximum Gasteiger partial charge on any atom is 0.232 e. The number of aromatic nitrogens is 3. The molecule has 1 aliphatic rings. The van der Waals surface area contributed by atoms with Crippen LogP contribution >= 0.6 is 27.3 Å². The minimum absolute atomic E-state index is 0.242. The molecule has 4 rings (SSSR count). The summed E-state index contributed by atoms with van der Waals surface area (Å²) in [6, 6.07) is 12.4. The number of hydrogen-bond donors (Lipinski definition) is 2. The summed E-state index contributed by atoms with van der Waals surface area (Å²) < 4.78 is 1.19. The maximum atomic E-state index is 5.92. The van der Waals surface area contributed by atoms with E-state index in [0.29, 0.717) is 18.3 Å². The number of anilines is 3. The Morgan fingerprint density at radius 3 is 2.31 bits per heavy atom. The molecule has 0 unspecified atom stereocenters. The fourth-order valence-electron chi connectivity index (χ4n) is 3.29. The predicted molar refractivity (Wildman–Crippen MR) is 121 cm³/mol. The van der Waals surface area contributed by atoms with Gasteiger partial charge in [-0.3, -0.25) is 9.80 Å². The number of aryl methyl sites for hydroxylation is 1. The number of nitrogens with one attached hydrogen (secondary N) is 1. The summed E-state index contributed by atoms with van der Waals surface area (Å²) in [5, 5.41) is 3.21. The van der Waals surface area contributed by atoms with Crippen molar-refractivity contribution in [3.63, 3.8) is 0 Å². The van der Waals surface area contributed by atoms with Crippen molar-refractivity contribution in [1.29, 1.82) is 0 Å². The van der Waals surface area contributed by atoms with Gasteiger partial charge in [0.1, 0.15) is 5.82 Å². The van der Waals surface area contributed by atoms with E-state index in [1.54, 1.807) is 11.3 Å². The smallest absolute Gasteiger partial charge is 0.232 e. The lowest BCUT2D eigenvalue weighted by Crippen LogP contribution is -2.45. The first kappa shape index (κ1) is 20.2. The molecular weight excluding hydrogens is 450 g/mol. The molecule has 3 N–H and O–H groups in total. The molecule has 1 fully saturated rings. The molecule has 0 spiro atoms. The Hall–Kier alpha value is -2.07. The summed E-state index contributed by atoms with van der Waals surface area (Å²) in [5.41, 5.74) is 8.06. The van der Waals surface area contributed by atoms with Gasteiger partial charge >= 0.3 is 0 Å². The van der Waals surface area contributed by atoms with E-state index in [1.165, 1.54) is 14.2 Å². The van der Waals surface area contributed by atoms with Crippen LogP contribution in [0, 0.1) is 6.92 Å². The molecule has 1 saturated heterocycles.